The van der Waals surface area contributed by atoms with Crippen molar-refractivity contribution in [1.82, 2.24) is 0 Å². The normalized spacial score (nSPS) is 11.0. The predicted octanol–water partition coefficient (Wildman–Crippen LogP) is 6.20. The average Bonchev–Trinajstić information content (AvgIpc) is 2.63. The van der Waals surface area contributed by atoms with Crippen LogP contribution in [0.25, 0.3) is 33.2 Å². The van der Waals surface area contributed by atoms with Gasteiger partial charge in [0.05, 0.1) is 5.56 Å². The molecule has 0 saturated heterocycles. The first kappa shape index (κ1) is 15.9. The van der Waals surface area contributed by atoms with Gasteiger partial charge in [-0.2, -0.15) is 0 Å². The van der Waals surface area contributed by atoms with Crippen molar-refractivity contribution >= 4 is 26.9 Å². The van der Waals surface area contributed by atoms with Crippen molar-refractivity contribution in [2.75, 3.05) is 0 Å². The Hall–Kier alpha value is -2.65. The van der Waals surface area contributed by atoms with E-state index in [0.717, 1.165) is 32.1 Å². The van der Waals surface area contributed by atoms with Gasteiger partial charge in [-0.25, -0.2) is 4.79 Å². The molecule has 1 aromatic heterocycles. The Morgan fingerprint density at radius 3 is 2.20 bits per heavy atom. The van der Waals surface area contributed by atoms with E-state index in [1.165, 1.54) is 0 Å². The summed E-state index contributed by atoms with van der Waals surface area (Å²) >= 11 is 3.45. The van der Waals surface area contributed by atoms with E-state index in [4.69, 9.17) is 4.42 Å². The van der Waals surface area contributed by atoms with Crippen LogP contribution in [0.2, 0.25) is 0 Å². The Kier molecular flexibility index (Phi) is 4.02. The number of halogens is 1. The minimum atomic E-state index is -0.322. The lowest BCUT2D eigenvalue weighted by Crippen LogP contribution is -2.06. The molecule has 0 atom stereocenters. The van der Waals surface area contributed by atoms with E-state index < -0.39 is 0 Å². The molecule has 3 heteroatoms. The summed E-state index contributed by atoms with van der Waals surface area (Å²) in [6, 6.07) is 23.6. The van der Waals surface area contributed by atoms with Crippen molar-refractivity contribution in [1.29, 1.82) is 0 Å². The Balaban J connectivity index is 2.16. The molecule has 0 aliphatic rings. The number of hydrogen-bond donors (Lipinski definition) is 0. The second-order valence-corrected chi connectivity index (χ2v) is 6.93. The number of hydrogen-bond acceptors (Lipinski definition) is 2. The summed E-state index contributed by atoms with van der Waals surface area (Å²) in [5.74, 6) is 0. The minimum Gasteiger partial charge on any atom is -0.422 e. The maximum Gasteiger partial charge on any atom is 0.344 e. The topological polar surface area (TPSA) is 30.2 Å². The summed E-state index contributed by atoms with van der Waals surface area (Å²) in [6.07, 6.45) is 0. The minimum absolute atomic E-state index is 0.322. The van der Waals surface area contributed by atoms with Crippen LogP contribution in [0, 0.1) is 6.92 Å². The third kappa shape index (κ3) is 2.92. The van der Waals surface area contributed by atoms with Gasteiger partial charge in [0.2, 0.25) is 0 Å². The highest BCUT2D eigenvalue weighted by molar-refractivity contribution is 9.10. The van der Waals surface area contributed by atoms with Crippen LogP contribution in [0.4, 0.5) is 0 Å². The Morgan fingerprint density at radius 2 is 1.48 bits per heavy atom. The predicted molar refractivity (Wildman–Crippen MR) is 106 cm³/mol. The van der Waals surface area contributed by atoms with Crippen molar-refractivity contribution in [2.45, 2.75) is 6.92 Å². The standard InChI is InChI=1S/C22H15BrO2/c1-14-7-12-19-18(13-14)20(15-5-3-2-4-6-15)21(22(24)25-19)16-8-10-17(23)11-9-16/h2-13H,1H3. The van der Waals surface area contributed by atoms with Crippen LogP contribution in [0.15, 0.2) is 86.5 Å². The molecule has 122 valence electrons. The van der Waals surface area contributed by atoms with Gasteiger partial charge in [0.25, 0.3) is 0 Å². The SMILES string of the molecule is Cc1ccc2oc(=O)c(-c3ccc(Br)cc3)c(-c3ccccc3)c2c1. The fourth-order valence-electron chi connectivity index (χ4n) is 3.10. The summed E-state index contributed by atoms with van der Waals surface area (Å²) in [4.78, 5) is 12.8. The molecule has 0 amide bonds. The summed E-state index contributed by atoms with van der Waals surface area (Å²) < 4.78 is 6.60. The van der Waals surface area contributed by atoms with Gasteiger partial charge in [0, 0.05) is 15.4 Å². The Morgan fingerprint density at radius 1 is 0.800 bits per heavy atom. The first-order valence-electron chi connectivity index (χ1n) is 8.02. The molecule has 25 heavy (non-hydrogen) atoms. The van der Waals surface area contributed by atoms with Crippen LogP contribution in [0.1, 0.15) is 5.56 Å². The zero-order valence-electron chi connectivity index (χ0n) is 13.6. The number of rotatable bonds is 2. The van der Waals surface area contributed by atoms with Gasteiger partial charge in [-0.05, 0) is 42.3 Å². The zero-order valence-corrected chi connectivity index (χ0v) is 15.2. The van der Waals surface area contributed by atoms with Crippen LogP contribution in [0.5, 0.6) is 0 Å². The fraction of sp³-hybridized carbons (Fsp3) is 0.0455. The van der Waals surface area contributed by atoms with E-state index in [1.807, 2.05) is 73.7 Å². The lowest BCUT2D eigenvalue weighted by Gasteiger charge is -2.13. The molecule has 4 rings (SSSR count). The maximum atomic E-state index is 12.8. The third-order valence-electron chi connectivity index (χ3n) is 4.26. The molecule has 0 saturated carbocycles. The molecule has 0 aliphatic heterocycles. The van der Waals surface area contributed by atoms with Crippen LogP contribution < -0.4 is 5.63 Å². The molecule has 0 fully saturated rings. The molecule has 3 aromatic carbocycles. The highest BCUT2D eigenvalue weighted by atomic mass is 79.9. The first-order chi connectivity index (χ1) is 12.1. The van der Waals surface area contributed by atoms with Gasteiger partial charge in [0.15, 0.2) is 0 Å². The molecule has 0 bridgehead atoms. The smallest absolute Gasteiger partial charge is 0.344 e. The molecule has 0 radical (unpaired) electrons. The van der Waals surface area contributed by atoms with Gasteiger partial charge in [-0.1, -0.05) is 70.0 Å². The second kappa shape index (κ2) is 6.34. The van der Waals surface area contributed by atoms with Gasteiger partial charge < -0.3 is 4.42 Å². The van der Waals surface area contributed by atoms with E-state index in [-0.39, 0.29) is 5.63 Å². The maximum absolute atomic E-state index is 12.8. The number of aryl methyl sites for hydroxylation is 1. The fourth-order valence-corrected chi connectivity index (χ4v) is 3.36. The second-order valence-electron chi connectivity index (χ2n) is 6.01. The lowest BCUT2D eigenvalue weighted by molar-refractivity contribution is 0.564. The highest BCUT2D eigenvalue weighted by Gasteiger charge is 2.18. The van der Waals surface area contributed by atoms with Gasteiger partial charge in [-0.3, -0.25) is 0 Å². The van der Waals surface area contributed by atoms with Crippen molar-refractivity contribution in [2.24, 2.45) is 0 Å². The monoisotopic (exact) mass is 390 g/mol. The van der Waals surface area contributed by atoms with Crippen LogP contribution >= 0.6 is 15.9 Å². The van der Waals surface area contributed by atoms with E-state index >= 15 is 0 Å². The zero-order chi connectivity index (χ0) is 17.4. The van der Waals surface area contributed by atoms with Gasteiger partial charge in [0.1, 0.15) is 5.58 Å². The largest absolute Gasteiger partial charge is 0.422 e. The summed E-state index contributed by atoms with van der Waals surface area (Å²) in [7, 11) is 0. The van der Waals surface area contributed by atoms with Crippen molar-refractivity contribution in [3.05, 3.63) is 93.3 Å². The highest BCUT2D eigenvalue weighted by Crippen LogP contribution is 2.36. The van der Waals surface area contributed by atoms with Crippen LogP contribution in [-0.4, -0.2) is 0 Å². The Bertz CT molecular complexity index is 1110. The summed E-state index contributed by atoms with van der Waals surface area (Å²) in [5.41, 5.74) is 4.77. The number of fused-ring (bicyclic) bond motifs is 1. The quantitative estimate of drug-likeness (QED) is 0.381. The Labute approximate surface area is 153 Å². The first-order valence-corrected chi connectivity index (χ1v) is 8.81. The number of benzene rings is 3. The van der Waals surface area contributed by atoms with Crippen molar-refractivity contribution < 1.29 is 4.42 Å². The van der Waals surface area contributed by atoms with E-state index in [9.17, 15) is 4.79 Å². The van der Waals surface area contributed by atoms with Crippen molar-refractivity contribution in [3.8, 4) is 22.3 Å². The third-order valence-corrected chi connectivity index (χ3v) is 4.79. The van der Waals surface area contributed by atoms with E-state index in [1.54, 1.807) is 0 Å². The molecule has 0 N–H and O–H groups in total. The van der Waals surface area contributed by atoms with Gasteiger partial charge in [-0.15, -0.1) is 0 Å². The summed E-state index contributed by atoms with van der Waals surface area (Å²) in [6.45, 7) is 2.04. The molecule has 0 unspecified atom stereocenters. The van der Waals surface area contributed by atoms with Crippen LogP contribution in [0.3, 0.4) is 0 Å². The van der Waals surface area contributed by atoms with Crippen molar-refractivity contribution in [3.63, 3.8) is 0 Å². The molecular formula is C22H15BrO2. The molecule has 4 aromatic rings. The average molecular weight is 391 g/mol. The van der Waals surface area contributed by atoms with Gasteiger partial charge >= 0.3 is 5.63 Å². The molecular weight excluding hydrogens is 376 g/mol. The van der Waals surface area contributed by atoms with E-state index in [0.29, 0.717) is 11.1 Å². The lowest BCUT2D eigenvalue weighted by atomic mass is 9.92. The van der Waals surface area contributed by atoms with Crippen LogP contribution in [-0.2, 0) is 0 Å². The molecule has 0 aliphatic carbocycles. The summed E-state index contributed by atoms with van der Waals surface area (Å²) in [5, 5.41) is 0.948. The molecule has 2 nitrogen and oxygen atoms in total. The molecule has 0 spiro atoms. The molecule has 1 heterocycles. The van der Waals surface area contributed by atoms with E-state index in [2.05, 4.69) is 22.0 Å².